The van der Waals surface area contributed by atoms with E-state index in [0.29, 0.717) is 5.92 Å². The number of nitrogens with one attached hydrogen (secondary N) is 1. The Hall–Kier alpha value is -0.420. The number of hydrogen-bond acceptors (Lipinski definition) is 3. The van der Waals surface area contributed by atoms with Gasteiger partial charge in [0.05, 0.1) is 0 Å². The van der Waals surface area contributed by atoms with E-state index in [2.05, 4.69) is 5.32 Å². The van der Waals surface area contributed by atoms with Crippen LogP contribution in [0.15, 0.2) is 0 Å². The molecule has 0 heterocycles. The standard InChI is InChI=1S/C12H22NO5P/c14-12(15)11(19(16,17)18)13-10-6-2-4-8-3-1-5-9(8)7-10/h8-11,13H,1-7H2,(H,14,15)(H2,16,17,18). The molecule has 0 aliphatic heterocycles. The summed E-state index contributed by atoms with van der Waals surface area (Å²) in [5, 5.41) is 11.6. The predicted octanol–water partition coefficient (Wildman–Crippen LogP) is 1.52. The average Bonchev–Trinajstić information content (AvgIpc) is 2.62. The summed E-state index contributed by atoms with van der Waals surface area (Å²) in [6, 6.07) is -0.0955. The second-order valence-corrected chi connectivity index (χ2v) is 7.51. The Balaban J connectivity index is 2.00. The third-order valence-electron chi connectivity index (χ3n) is 4.50. The largest absolute Gasteiger partial charge is 0.480 e. The van der Waals surface area contributed by atoms with Crippen molar-refractivity contribution in [3.05, 3.63) is 0 Å². The Morgan fingerprint density at radius 2 is 1.68 bits per heavy atom. The van der Waals surface area contributed by atoms with E-state index in [1.165, 1.54) is 12.8 Å². The number of carboxylic acid groups (broad SMARTS) is 1. The van der Waals surface area contributed by atoms with Gasteiger partial charge in [-0.1, -0.05) is 32.1 Å². The molecule has 0 bridgehead atoms. The van der Waals surface area contributed by atoms with Crippen molar-refractivity contribution in [2.24, 2.45) is 11.8 Å². The fraction of sp³-hybridized carbons (Fsp3) is 0.917. The average molecular weight is 291 g/mol. The van der Waals surface area contributed by atoms with Crippen LogP contribution in [0.2, 0.25) is 0 Å². The molecule has 2 rings (SSSR count). The van der Waals surface area contributed by atoms with Crippen molar-refractivity contribution in [3.63, 3.8) is 0 Å². The molecule has 2 aliphatic carbocycles. The third-order valence-corrected chi connectivity index (χ3v) is 5.54. The summed E-state index contributed by atoms with van der Waals surface area (Å²) in [7, 11) is -4.65. The van der Waals surface area contributed by atoms with E-state index in [1.807, 2.05) is 0 Å². The summed E-state index contributed by atoms with van der Waals surface area (Å²) < 4.78 is 11.2. The van der Waals surface area contributed by atoms with Crippen molar-refractivity contribution >= 4 is 13.6 Å². The number of aliphatic carboxylic acids is 1. The Bertz CT molecular complexity index is 382. The molecule has 2 aliphatic rings. The molecule has 4 atom stereocenters. The lowest BCUT2D eigenvalue weighted by Crippen LogP contribution is -2.43. The minimum atomic E-state index is -4.65. The van der Waals surface area contributed by atoms with Gasteiger partial charge in [0.2, 0.25) is 5.78 Å². The fourth-order valence-electron chi connectivity index (χ4n) is 3.60. The summed E-state index contributed by atoms with van der Waals surface area (Å²) in [6.07, 6.45) is 7.45. The van der Waals surface area contributed by atoms with Crippen LogP contribution < -0.4 is 5.32 Å². The molecule has 2 fully saturated rings. The first-order valence-electron chi connectivity index (χ1n) is 6.92. The Kier molecular flexibility index (Phi) is 4.66. The summed E-state index contributed by atoms with van der Waals surface area (Å²) in [4.78, 5) is 29.2. The highest BCUT2D eigenvalue weighted by atomic mass is 31.2. The molecule has 4 unspecified atom stereocenters. The SMILES string of the molecule is O=C(O)C(NC1CCCC2CCCC2C1)P(=O)(O)O. The van der Waals surface area contributed by atoms with Crippen LogP contribution in [0.1, 0.15) is 44.9 Å². The van der Waals surface area contributed by atoms with Crippen LogP contribution in [0.3, 0.4) is 0 Å². The summed E-state index contributed by atoms with van der Waals surface area (Å²) in [5.41, 5.74) is 0. The molecule has 7 heteroatoms. The Labute approximate surface area is 112 Å². The lowest BCUT2D eigenvalue weighted by atomic mass is 9.91. The van der Waals surface area contributed by atoms with E-state index in [-0.39, 0.29) is 6.04 Å². The van der Waals surface area contributed by atoms with Crippen LogP contribution in [-0.4, -0.2) is 32.7 Å². The second-order valence-electron chi connectivity index (χ2n) is 5.81. The molecule has 19 heavy (non-hydrogen) atoms. The van der Waals surface area contributed by atoms with Crippen LogP contribution in [0, 0.1) is 11.8 Å². The highest BCUT2D eigenvalue weighted by Gasteiger charge is 2.39. The molecule has 4 N–H and O–H groups in total. The van der Waals surface area contributed by atoms with Gasteiger partial charge in [-0.3, -0.25) is 9.88 Å². The van der Waals surface area contributed by atoms with Gasteiger partial charge in [-0.25, -0.2) is 4.79 Å². The lowest BCUT2D eigenvalue weighted by molar-refractivity contribution is -0.137. The molecule has 0 aromatic rings. The molecule has 2 saturated carbocycles. The monoisotopic (exact) mass is 291 g/mol. The summed E-state index contributed by atoms with van der Waals surface area (Å²) >= 11 is 0. The minimum Gasteiger partial charge on any atom is -0.480 e. The summed E-state index contributed by atoms with van der Waals surface area (Å²) in [5.74, 6) is -1.92. The van der Waals surface area contributed by atoms with E-state index in [1.54, 1.807) is 0 Å². The van der Waals surface area contributed by atoms with E-state index in [4.69, 9.17) is 14.9 Å². The van der Waals surface area contributed by atoms with E-state index >= 15 is 0 Å². The maximum absolute atomic E-state index is 11.2. The molecule has 0 saturated heterocycles. The molecular formula is C12H22NO5P. The number of fused-ring (bicyclic) bond motifs is 1. The van der Waals surface area contributed by atoms with Crippen molar-refractivity contribution < 1.29 is 24.3 Å². The van der Waals surface area contributed by atoms with Crippen molar-refractivity contribution in [2.45, 2.75) is 56.8 Å². The Morgan fingerprint density at radius 3 is 2.26 bits per heavy atom. The zero-order valence-corrected chi connectivity index (χ0v) is 11.8. The third kappa shape index (κ3) is 3.78. The zero-order chi connectivity index (χ0) is 14.0. The van der Waals surface area contributed by atoms with Gasteiger partial charge in [0, 0.05) is 6.04 Å². The van der Waals surface area contributed by atoms with Crippen LogP contribution in [0.25, 0.3) is 0 Å². The molecule has 0 spiro atoms. The van der Waals surface area contributed by atoms with Crippen LogP contribution in [0.4, 0.5) is 0 Å². The van der Waals surface area contributed by atoms with Crippen LogP contribution >= 0.6 is 7.60 Å². The smallest absolute Gasteiger partial charge is 0.353 e. The molecule has 0 aromatic heterocycles. The Morgan fingerprint density at radius 1 is 1.11 bits per heavy atom. The van der Waals surface area contributed by atoms with Crippen molar-refractivity contribution in [2.75, 3.05) is 0 Å². The molecule has 110 valence electrons. The number of carbonyl (C=O) groups is 1. The minimum absolute atomic E-state index is 0.0955. The highest BCUT2D eigenvalue weighted by molar-refractivity contribution is 7.53. The lowest BCUT2D eigenvalue weighted by Gasteiger charge is -2.25. The zero-order valence-electron chi connectivity index (χ0n) is 10.9. The fourth-order valence-corrected chi connectivity index (χ4v) is 4.29. The summed E-state index contributed by atoms with van der Waals surface area (Å²) in [6.45, 7) is 0. The van der Waals surface area contributed by atoms with Crippen molar-refractivity contribution in [3.8, 4) is 0 Å². The molecular weight excluding hydrogens is 269 g/mol. The number of rotatable bonds is 4. The molecule has 0 amide bonds. The second kappa shape index (κ2) is 5.92. The van der Waals surface area contributed by atoms with E-state index in [9.17, 15) is 9.36 Å². The maximum atomic E-state index is 11.2. The number of carboxylic acids is 1. The first-order chi connectivity index (χ1) is 8.88. The molecule has 0 aromatic carbocycles. The van der Waals surface area contributed by atoms with Gasteiger partial charge in [0.25, 0.3) is 0 Å². The molecule has 6 nitrogen and oxygen atoms in total. The topological polar surface area (TPSA) is 107 Å². The van der Waals surface area contributed by atoms with Gasteiger partial charge < -0.3 is 14.9 Å². The quantitative estimate of drug-likeness (QED) is 0.585. The van der Waals surface area contributed by atoms with Crippen LogP contribution in [-0.2, 0) is 9.36 Å². The normalized spacial score (nSPS) is 33.5. The first kappa shape index (κ1) is 15.0. The van der Waals surface area contributed by atoms with Gasteiger partial charge in [-0.05, 0) is 24.7 Å². The highest BCUT2D eigenvalue weighted by Crippen LogP contribution is 2.43. The van der Waals surface area contributed by atoms with E-state index in [0.717, 1.165) is 38.0 Å². The van der Waals surface area contributed by atoms with Gasteiger partial charge >= 0.3 is 13.6 Å². The van der Waals surface area contributed by atoms with Crippen molar-refractivity contribution in [1.82, 2.24) is 5.32 Å². The van der Waals surface area contributed by atoms with E-state index < -0.39 is 19.3 Å². The van der Waals surface area contributed by atoms with Crippen LogP contribution in [0.5, 0.6) is 0 Å². The van der Waals surface area contributed by atoms with Gasteiger partial charge in [-0.15, -0.1) is 0 Å². The van der Waals surface area contributed by atoms with Gasteiger partial charge in [0.15, 0.2) is 0 Å². The van der Waals surface area contributed by atoms with Gasteiger partial charge in [-0.2, -0.15) is 0 Å². The first-order valence-corrected chi connectivity index (χ1v) is 8.60. The predicted molar refractivity (Wildman–Crippen MR) is 69.7 cm³/mol. The molecule has 0 radical (unpaired) electrons. The van der Waals surface area contributed by atoms with Crippen molar-refractivity contribution in [1.29, 1.82) is 0 Å². The number of hydrogen-bond donors (Lipinski definition) is 4. The van der Waals surface area contributed by atoms with Gasteiger partial charge in [0.1, 0.15) is 0 Å². The maximum Gasteiger partial charge on any atom is 0.353 e.